The lowest BCUT2D eigenvalue weighted by atomic mass is 10.2. The topological polar surface area (TPSA) is 56.7 Å². The summed E-state index contributed by atoms with van der Waals surface area (Å²) in [5, 5.41) is 17.4. The Hall–Kier alpha value is -0.850. The summed E-state index contributed by atoms with van der Waals surface area (Å²) in [6.45, 7) is 2.65. The van der Waals surface area contributed by atoms with E-state index in [-0.39, 0.29) is 5.75 Å². The van der Waals surface area contributed by atoms with E-state index in [9.17, 15) is 5.11 Å². The van der Waals surface area contributed by atoms with E-state index < -0.39 is 0 Å². The van der Waals surface area contributed by atoms with Gasteiger partial charge < -0.3 is 10.4 Å². The van der Waals surface area contributed by atoms with E-state index in [1.807, 2.05) is 6.92 Å². The van der Waals surface area contributed by atoms with Crippen LogP contribution in [0.5, 0.6) is 5.75 Å². The van der Waals surface area contributed by atoms with E-state index in [1.54, 1.807) is 12.1 Å². The van der Waals surface area contributed by atoms with Gasteiger partial charge in [0.2, 0.25) is 0 Å². The number of phenols is 1. The molecule has 17 heavy (non-hydrogen) atoms. The SMILES string of the molecule is CCNC(=S)N/N=C\c1cc(Cl)cc(Br)c1O. The van der Waals surface area contributed by atoms with Gasteiger partial charge in [-0.2, -0.15) is 5.10 Å². The molecule has 0 aliphatic rings. The number of nitrogens with one attached hydrogen (secondary N) is 2. The number of rotatable bonds is 3. The van der Waals surface area contributed by atoms with E-state index in [4.69, 9.17) is 23.8 Å². The number of hydrogen-bond acceptors (Lipinski definition) is 3. The number of nitrogens with zero attached hydrogens (tertiary/aromatic N) is 1. The van der Waals surface area contributed by atoms with Crippen LogP contribution in [0.4, 0.5) is 0 Å². The van der Waals surface area contributed by atoms with Gasteiger partial charge in [-0.05, 0) is 47.2 Å². The Labute approximate surface area is 118 Å². The number of aromatic hydroxyl groups is 1. The van der Waals surface area contributed by atoms with Gasteiger partial charge in [-0.25, -0.2) is 0 Å². The van der Waals surface area contributed by atoms with Gasteiger partial charge in [0, 0.05) is 17.1 Å². The second-order valence-electron chi connectivity index (χ2n) is 3.05. The molecule has 1 aromatic rings. The molecule has 0 saturated carbocycles. The number of benzene rings is 1. The maximum Gasteiger partial charge on any atom is 0.186 e. The van der Waals surface area contributed by atoms with Gasteiger partial charge in [0.05, 0.1) is 10.7 Å². The average molecular weight is 337 g/mol. The zero-order valence-corrected chi connectivity index (χ0v) is 12.2. The van der Waals surface area contributed by atoms with Crippen LogP contribution in [-0.4, -0.2) is 23.0 Å². The Kier molecular flexibility index (Phi) is 5.67. The normalized spacial score (nSPS) is 10.5. The summed E-state index contributed by atoms with van der Waals surface area (Å²) in [6.07, 6.45) is 1.44. The minimum Gasteiger partial charge on any atom is -0.506 e. The van der Waals surface area contributed by atoms with Gasteiger partial charge in [0.15, 0.2) is 5.11 Å². The van der Waals surface area contributed by atoms with E-state index in [1.165, 1.54) is 6.21 Å². The molecule has 0 spiro atoms. The maximum absolute atomic E-state index is 9.72. The van der Waals surface area contributed by atoms with Gasteiger partial charge in [-0.1, -0.05) is 11.6 Å². The first-order valence-electron chi connectivity index (χ1n) is 4.79. The number of hydrogen-bond donors (Lipinski definition) is 3. The van der Waals surface area contributed by atoms with E-state index in [0.29, 0.717) is 20.2 Å². The van der Waals surface area contributed by atoms with E-state index in [2.05, 4.69) is 31.8 Å². The van der Waals surface area contributed by atoms with Crippen molar-refractivity contribution in [2.45, 2.75) is 6.92 Å². The van der Waals surface area contributed by atoms with Crippen molar-refractivity contribution < 1.29 is 5.11 Å². The molecule has 0 saturated heterocycles. The van der Waals surface area contributed by atoms with Crippen LogP contribution in [0, 0.1) is 0 Å². The minimum absolute atomic E-state index is 0.0781. The van der Waals surface area contributed by atoms with Crippen molar-refractivity contribution in [3.05, 3.63) is 27.2 Å². The van der Waals surface area contributed by atoms with Crippen LogP contribution in [0.1, 0.15) is 12.5 Å². The number of thiocarbonyl (C=S) groups is 1. The molecule has 4 nitrogen and oxygen atoms in total. The largest absolute Gasteiger partial charge is 0.506 e. The molecule has 0 bridgehead atoms. The summed E-state index contributed by atoms with van der Waals surface area (Å²) < 4.78 is 0.515. The standard InChI is InChI=1S/C10H11BrClN3OS/c1-2-13-10(17)15-14-5-6-3-7(12)4-8(11)9(6)16/h3-5,16H,2H2,1H3,(H2,13,15,17)/b14-5-. The molecule has 0 atom stereocenters. The van der Waals surface area contributed by atoms with Crippen molar-refractivity contribution in [2.75, 3.05) is 6.54 Å². The lowest BCUT2D eigenvalue weighted by Gasteiger charge is -2.04. The average Bonchev–Trinajstić information content (AvgIpc) is 2.25. The second-order valence-corrected chi connectivity index (χ2v) is 4.75. The summed E-state index contributed by atoms with van der Waals surface area (Å²) in [4.78, 5) is 0. The van der Waals surface area contributed by atoms with Crippen molar-refractivity contribution in [3.8, 4) is 5.75 Å². The first-order chi connectivity index (χ1) is 8.04. The van der Waals surface area contributed by atoms with Crippen molar-refractivity contribution >= 4 is 51.1 Å². The predicted molar refractivity (Wildman–Crippen MR) is 77.8 cm³/mol. The maximum atomic E-state index is 9.72. The summed E-state index contributed by atoms with van der Waals surface area (Å²) in [7, 11) is 0. The molecule has 92 valence electrons. The fraction of sp³-hybridized carbons (Fsp3) is 0.200. The van der Waals surface area contributed by atoms with Crippen LogP contribution >= 0.6 is 39.7 Å². The molecular weight excluding hydrogens is 326 g/mol. The summed E-state index contributed by atoms with van der Waals surface area (Å²) in [5.74, 6) is 0.0781. The Balaban J connectivity index is 2.74. The van der Waals surface area contributed by atoms with Crippen molar-refractivity contribution in [3.63, 3.8) is 0 Å². The highest BCUT2D eigenvalue weighted by molar-refractivity contribution is 9.10. The third kappa shape index (κ3) is 4.49. The first-order valence-corrected chi connectivity index (χ1v) is 6.37. The molecule has 0 aliphatic carbocycles. The highest BCUT2D eigenvalue weighted by Gasteiger charge is 2.05. The Morgan fingerprint density at radius 2 is 2.35 bits per heavy atom. The number of phenolic OH excluding ortho intramolecular Hbond substituents is 1. The van der Waals surface area contributed by atoms with Gasteiger partial charge in [0.25, 0.3) is 0 Å². The van der Waals surface area contributed by atoms with Crippen LogP contribution in [0.3, 0.4) is 0 Å². The minimum atomic E-state index is 0.0781. The van der Waals surface area contributed by atoms with E-state index in [0.717, 1.165) is 6.54 Å². The van der Waals surface area contributed by atoms with Crippen molar-refractivity contribution in [1.29, 1.82) is 0 Å². The zero-order valence-electron chi connectivity index (χ0n) is 9.00. The summed E-state index contributed by atoms with van der Waals surface area (Å²) >= 11 is 14.0. The van der Waals surface area contributed by atoms with Gasteiger partial charge >= 0.3 is 0 Å². The molecular formula is C10H11BrClN3OS. The molecule has 0 amide bonds. The Morgan fingerprint density at radius 3 is 3.00 bits per heavy atom. The third-order valence-corrected chi connectivity index (χ3v) is 2.82. The lowest BCUT2D eigenvalue weighted by Crippen LogP contribution is -2.31. The molecule has 0 fully saturated rings. The van der Waals surface area contributed by atoms with Gasteiger partial charge in [-0.15, -0.1) is 0 Å². The molecule has 1 aromatic carbocycles. The fourth-order valence-electron chi connectivity index (χ4n) is 1.04. The zero-order chi connectivity index (χ0) is 12.8. The monoisotopic (exact) mass is 335 g/mol. The molecule has 0 unspecified atom stereocenters. The van der Waals surface area contributed by atoms with E-state index >= 15 is 0 Å². The van der Waals surface area contributed by atoms with Crippen LogP contribution in [0.15, 0.2) is 21.7 Å². The summed E-state index contributed by atoms with van der Waals surface area (Å²) in [5.41, 5.74) is 3.11. The van der Waals surface area contributed by atoms with Crippen LogP contribution in [0.25, 0.3) is 0 Å². The molecule has 0 aliphatic heterocycles. The van der Waals surface area contributed by atoms with Crippen LogP contribution < -0.4 is 10.7 Å². The van der Waals surface area contributed by atoms with Crippen molar-refractivity contribution in [2.24, 2.45) is 5.10 Å². The van der Waals surface area contributed by atoms with Crippen LogP contribution in [-0.2, 0) is 0 Å². The molecule has 0 heterocycles. The molecule has 7 heteroatoms. The highest BCUT2D eigenvalue weighted by Crippen LogP contribution is 2.30. The molecule has 3 N–H and O–H groups in total. The molecule has 0 radical (unpaired) electrons. The van der Waals surface area contributed by atoms with Crippen molar-refractivity contribution in [1.82, 2.24) is 10.7 Å². The van der Waals surface area contributed by atoms with Crippen LogP contribution in [0.2, 0.25) is 5.02 Å². The Bertz CT molecular complexity index is 453. The second kappa shape index (κ2) is 6.78. The predicted octanol–water partition coefficient (Wildman–Crippen LogP) is 2.63. The van der Waals surface area contributed by atoms with Gasteiger partial charge in [0.1, 0.15) is 5.75 Å². The molecule has 1 rings (SSSR count). The number of hydrazone groups is 1. The quantitative estimate of drug-likeness (QED) is 0.451. The third-order valence-electron chi connectivity index (χ3n) is 1.76. The highest BCUT2D eigenvalue weighted by atomic mass is 79.9. The smallest absolute Gasteiger partial charge is 0.186 e. The summed E-state index contributed by atoms with van der Waals surface area (Å²) in [6, 6.07) is 3.20. The molecule has 0 aromatic heterocycles. The first kappa shape index (κ1) is 14.2. The van der Waals surface area contributed by atoms with Gasteiger partial charge in [-0.3, -0.25) is 5.43 Å². The fourth-order valence-corrected chi connectivity index (χ4v) is 2.08. The Morgan fingerprint density at radius 1 is 1.65 bits per heavy atom. The lowest BCUT2D eigenvalue weighted by molar-refractivity contribution is 0.471. The number of halogens is 2.